The van der Waals surface area contributed by atoms with E-state index in [1.165, 1.54) is 24.8 Å². The number of likely N-dealkylation sites (tertiary alicyclic amines) is 1. The second-order valence-electron chi connectivity index (χ2n) is 7.03. The number of piperidine rings is 1. The van der Waals surface area contributed by atoms with Crippen LogP contribution in [0.15, 0.2) is 54.6 Å². The number of nitrogens with zero attached hydrogens (tertiary/aromatic N) is 2. The van der Waals surface area contributed by atoms with Gasteiger partial charge in [-0.05, 0) is 74.0 Å². The summed E-state index contributed by atoms with van der Waals surface area (Å²) in [6, 6.07) is 17.2. The molecule has 1 N–H and O–H groups in total. The van der Waals surface area contributed by atoms with Gasteiger partial charge < -0.3 is 5.32 Å². The molecule has 0 bridgehead atoms. The van der Waals surface area contributed by atoms with E-state index in [1.54, 1.807) is 12.1 Å². The highest BCUT2D eigenvalue weighted by molar-refractivity contribution is 6.29. The molecule has 1 saturated heterocycles. The Morgan fingerprint density at radius 3 is 2.74 bits per heavy atom. The number of hydrogen-bond acceptors (Lipinski definition) is 3. The second kappa shape index (κ2) is 8.07. The molecule has 0 saturated carbocycles. The van der Waals surface area contributed by atoms with E-state index in [9.17, 15) is 4.79 Å². The molecular formula is C22H22ClN3O. The third kappa shape index (κ3) is 4.46. The van der Waals surface area contributed by atoms with Crippen LogP contribution in [0.3, 0.4) is 0 Å². The van der Waals surface area contributed by atoms with Gasteiger partial charge in [-0.3, -0.25) is 9.69 Å². The van der Waals surface area contributed by atoms with Gasteiger partial charge in [-0.1, -0.05) is 30.2 Å². The highest BCUT2D eigenvalue weighted by Crippen LogP contribution is 2.20. The maximum absolute atomic E-state index is 12.7. The molecule has 2 aromatic carbocycles. The van der Waals surface area contributed by atoms with Gasteiger partial charge in [-0.25, -0.2) is 4.98 Å². The number of amides is 1. The summed E-state index contributed by atoms with van der Waals surface area (Å²) >= 11 is 5.92. The summed E-state index contributed by atoms with van der Waals surface area (Å²) in [5.41, 5.74) is 3.44. The van der Waals surface area contributed by atoms with Gasteiger partial charge in [-0.15, -0.1) is 0 Å². The number of pyridine rings is 1. The van der Waals surface area contributed by atoms with Crippen molar-refractivity contribution < 1.29 is 4.79 Å². The first-order chi connectivity index (χ1) is 13.2. The lowest BCUT2D eigenvalue weighted by atomic mass is 10.1. The fraction of sp³-hybridized carbons (Fsp3) is 0.273. The molecule has 1 aliphatic rings. The SMILES string of the molecule is O=C(Nc1cccc(CN2CCCCC2)c1)c1ccc2nc(Cl)ccc2c1. The third-order valence-corrected chi connectivity index (χ3v) is 5.17. The van der Waals surface area contributed by atoms with Gasteiger partial charge in [0.2, 0.25) is 0 Å². The van der Waals surface area contributed by atoms with Crippen LogP contribution in [-0.2, 0) is 6.54 Å². The zero-order chi connectivity index (χ0) is 18.6. The zero-order valence-corrected chi connectivity index (χ0v) is 15.9. The molecular weight excluding hydrogens is 358 g/mol. The van der Waals surface area contributed by atoms with Gasteiger partial charge in [0.25, 0.3) is 5.91 Å². The van der Waals surface area contributed by atoms with E-state index < -0.39 is 0 Å². The summed E-state index contributed by atoms with van der Waals surface area (Å²) in [5, 5.41) is 4.35. The van der Waals surface area contributed by atoms with Crippen molar-refractivity contribution in [1.29, 1.82) is 0 Å². The van der Waals surface area contributed by atoms with Crippen LogP contribution in [0.1, 0.15) is 35.2 Å². The lowest BCUT2D eigenvalue weighted by molar-refractivity contribution is 0.102. The van der Waals surface area contributed by atoms with E-state index in [-0.39, 0.29) is 5.91 Å². The van der Waals surface area contributed by atoms with Crippen molar-refractivity contribution in [3.63, 3.8) is 0 Å². The Morgan fingerprint density at radius 2 is 1.89 bits per heavy atom. The minimum atomic E-state index is -0.123. The Balaban J connectivity index is 1.47. The van der Waals surface area contributed by atoms with Crippen LogP contribution >= 0.6 is 11.6 Å². The van der Waals surface area contributed by atoms with Crippen molar-refractivity contribution in [3.8, 4) is 0 Å². The van der Waals surface area contributed by atoms with E-state index in [2.05, 4.69) is 27.3 Å². The van der Waals surface area contributed by atoms with Crippen LogP contribution in [0.25, 0.3) is 10.9 Å². The molecule has 4 nitrogen and oxygen atoms in total. The average Bonchev–Trinajstić information content (AvgIpc) is 2.68. The van der Waals surface area contributed by atoms with Gasteiger partial charge in [0.1, 0.15) is 5.15 Å². The van der Waals surface area contributed by atoms with Gasteiger partial charge in [0.05, 0.1) is 5.52 Å². The molecule has 0 radical (unpaired) electrons. The predicted molar refractivity (Wildman–Crippen MR) is 110 cm³/mol. The molecule has 1 aromatic heterocycles. The number of nitrogens with one attached hydrogen (secondary N) is 1. The lowest BCUT2D eigenvalue weighted by Crippen LogP contribution is -2.29. The monoisotopic (exact) mass is 379 g/mol. The van der Waals surface area contributed by atoms with Crippen LogP contribution in [0.4, 0.5) is 5.69 Å². The van der Waals surface area contributed by atoms with Crippen molar-refractivity contribution in [2.75, 3.05) is 18.4 Å². The number of benzene rings is 2. The van der Waals surface area contributed by atoms with Crippen molar-refractivity contribution in [1.82, 2.24) is 9.88 Å². The van der Waals surface area contributed by atoms with Gasteiger partial charge in [-0.2, -0.15) is 0 Å². The standard InChI is InChI=1S/C22H22ClN3O/c23-21-10-8-17-14-18(7-9-20(17)25-21)22(27)24-19-6-4-5-16(13-19)15-26-11-2-1-3-12-26/h4-10,13-14H,1-3,11-12,15H2,(H,24,27). The molecule has 2 heterocycles. The number of anilines is 1. The van der Waals surface area contributed by atoms with E-state index in [1.807, 2.05) is 30.3 Å². The number of carbonyl (C=O) groups is 1. The van der Waals surface area contributed by atoms with Crippen LogP contribution in [0.5, 0.6) is 0 Å². The van der Waals surface area contributed by atoms with E-state index in [0.29, 0.717) is 10.7 Å². The summed E-state index contributed by atoms with van der Waals surface area (Å²) in [4.78, 5) is 19.4. The van der Waals surface area contributed by atoms with Gasteiger partial charge in [0.15, 0.2) is 0 Å². The predicted octanol–water partition coefficient (Wildman–Crippen LogP) is 5.13. The first-order valence-corrected chi connectivity index (χ1v) is 9.74. The molecule has 4 rings (SSSR count). The van der Waals surface area contributed by atoms with Crippen LogP contribution in [0.2, 0.25) is 5.15 Å². The maximum Gasteiger partial charge on any atom is 0.255 e. The highest BCUT2D eigenvalue weighted by Gasteiger charge is 2.12. The second-order valence-corrected chi connectivity index (χ2v) is 7.42. The fourth-order valence-corrected chi connectivity index (χ4v) is 3.72. The molecule has 3 aromatic rings. The molecule has 27 heavy (non-hydrogen) atoms. The van der Waals surface area contributed by atoms with Crippen molar-refractivity contribution >= 4 is 34.1 Å². The number of aromatic nitrogens is 1. The molecule has 138 valence electrons. The third-order valence-electron chi connectivity index (χ3n) is 4.96. The summed E-state index contributed by atoms with van der Waals surface area (Å²) in [6.07, 6.45) is 3.89. The average molecular weight is 380 g/mol. The Labute approximate surface area is 164 Å². The minimum absolute atomic E-state index is 0.123. The van der Waals surface area contributed by atoms with Crippen LogP contribution in [0, 0.1) is 0 Å². The fourth-order valence-electron chi connectivity index (χ4n) is 3.57. The smallest absolute Gasteiger partial charge is 0.255 e. The largest absolute Gasteiger partial charge is 0.322 e. The molecule has 1 amide bonds. The number of carbonyl (C=O) groups excluding carboxylic acids is 1. The Hall–Kier alpha value is -2.43. The lowest BCUT2D eigenvalue weighted by Gasteiger charge is -2.26. The van der Waals surface area contributed by atoms with Crippen molar-refractivity contribution in [3.05, 3.63) is 70.9 Å². The summed E-state index contributed by atoms with van der Waals surface area (Å²) in [5.74, 6) is -0.123. The van der Waals surface area contributed by atoms with E-state index in [0.717, 1.165) is 36.2 Å². The number of hydrogen-bond donors (Lipinski definition) is 1. The van der Waals surface area contributed by atoms with Gasteiger partial charge >= 0.3 is 0 Å². The van der Waals surface area contributed by atoms with Crippen LogP contribution in [-0.4, -0.2) is 28.9 Å². The van der Waals surface area contributed by atoms with E-state index >= 15 is 0 Å². The minimum Gasteiger partial charge on any atom is -0.322 e. The first-order valence-electron chi connectivity index (χ1n) is 9.36. The number of rotatable bonds is 4. The highest BCUT2D eigenvalue weighted by atomic mass is 35.5. The first kappa shape index (κ1) is 18.0. The summed E-state index contributed by atoms with van der Waals surface area (Å²) in [6.45, 7) is 3.25. The maximum atomic E-state index is 12.7. The molecule has 0 aliphatic carbocycles. The number of fused-ring (bicyclic) bond motifs is 1. The molecule has 0 atom stereocenters. The quantitative estimate of drug-likeness (QED) is 0.639. The Kier molecular flexibility index (Phi) is 5.37. The molecule has 5 heteroatoms. The van der Waals surface area contributed by atoms with Gasteiger partial charge in [0, 0.05) is 23.2 Å². The molecule has 0 unspecified atom stereocenters. The Morgan fingerprint density at radius 1 is 1.04 bits per heavy atom. The topological polar surface area (TPSA) is 45.2 Å². The summed E-state index contributed by atoms with van der Waals surface area (Å²) < 4.78 is 0. The van der Waals surface area contributed by atoms with Crippen LogP contribution < -0.4 is 5.32 Å². The van der Waals surface area contributed by atoms with Crippen molar-refractivity contribution in [2.24, 2.45) is 0 Å². The van der Waals surface area contributed by atoms with E-state index in [4.69, 9.17) is 11.6 Å². The van der Waals surface area contributed by atoms with Crippen molar-refractivity contribution in [2.45, 2.75) is 25.8 Å². The molecule has 1 aliphatic heterocycles. The molecule has 0 spiro atoms. The normalized spacial score (nSPS) is 15.0. The Bertz CT molecular complexity index is 967. The summed E-state index contributed by atoms with van der Waals surface area (Å²) in [7, 11) is 0. The zero-order valence-electron chi connectivity index (χ0n) is 15.1. The number of halogens is 1. The molecule has 1 fully saturated rings.